The number of benzene rings is 1. The molecule has 2 N–H and O–H groups in total. The lowest BCUT2D eigenvalue weighted by Crippen LogP contribution is -2.21. The van der Waals surface area contributed by atoms with Crippen molar-refractivity contribution in [1.82, 2.24) is 9.97 Å². The minimum atomic E-state index is 0.588. The van der Waals surface area contributed by atoms with Crippen LogP contribution in [0.2, 0.25) is 0 Å². The molecule has 2 aromatic rings. The van der Waals surface area contributed by atoms with Crippen LogP contribution in [0.25, 0.3) is 0 Å². The van der Waals surface area contributed by atoms with Crippen molar-refractivity contribution in [3.8, 4) is 0 Å². The number of nitrogens with one attached hydrogen (secondary N) is 2. The van der Waals surface area contributed by atoms with Crippen LogP contribution in [0.3, 0.4) is 0 Å². The summed E-state index contributed by atoms with van der Waals surface area (Å²) in [4.78, 5) is 11.2. The van der Waals surface area contributed by atoms with Gasteiger partial charge in [-0.15, -0.1) is 0 Å². The Hall–Kier alpha value is -2.30. The van der Waals surface area contributed by atoms with Crippen molar-refractivity contribution in [2.24, 2.45) is 0 Å². The Labute approximate surface area is 138 Å². The third kappa shape index (κ3) is 4.12. The summed E-state index contributed by atoms with van der Waals surface area (Å²) in [7, 11) is 0. The normalized spacial score (nSPS) is 13.7. The molecule has 1 saturated carbocycles. The molecule has 0 radical (unpaired) electrons. The van der Waals surface area contributed by atoms with Gasteiger partial charge >= 0.3 is 0 Å². The molecule has 5 nitrogen and oxygen atoms in total. The predicted molar refractivity (Wildman–Crippen MR) is 96.7 cm³/mol. The molecule has 3 rings (SSSR count). The van der Waals surface area contributed by atoms with Gasteiger partial charge in [-0.2, -0.15) is 0 Å². The van der Waals surface area contributed by atoms with Crippen LogP contribution in [-0.4, -0.2) is 29.1 Å². The highest BCUT2D eigenvalue weighted by Gasteiger charge is 2.21. The van der Waals surface area contributed by atoms with E-state index in [-0.39, 0.29) is 0 Å². The lowest BCUT2D eigenvalue weighted by molar-refractivity contribution is 0.866. The van der Waals surface area contributed by atoms with Crippen molar-refractivity contribution in [3.63, 3.8) is 0 Å². The molecule has 1 heterocycles. The molecule has 1 aliphatic carbocycles. The van der Waals surface area contributed by atoms with E-state index in [1.807, 2.05) is 13.0 Å². The Morgan fingerprint density at radius 3 is 2.30 bits per heavy atom. The van der Waals surface area contributed by atoms with Gasteiger partial charge in [0.2, 0.25) is 0 Å². The molecule has 1 fully saturated rings. The van der Waals surface area contributed by atoms with Crippen LogP contribution < -0.4 is 15.5 Å². The first-order chi connectivity index (χ1) is 11.2. The molecule has 0 atom stereocenters. The second-order valence-corrected chi connectivity index (χ2v) is 5.95. The molecule has 0 saturated heterocycles. The largest absolute Gasteiger partial charge is 0.372 e. The first-order valence-electron chi connectivity index (χ1n) is 8.42. The maximum Gasteiger partial charge on any atom is 0.136 e. The molecule has 0 aliphatic heterocycles. The summed E-state index contributed by atoms with van der Waals surface area (Å²) in [6.07, 6.45) is 2.47. The van der Waals surface area contributed by atoms with Crippen LogP contribution in [0.5, 0.6) is 0 Å². The molecular weight excluding hydrogens is 286 g/mol. The summed E-state index contributed by atoms with van der Waals surface area (Å²) >= 11 is 0. The van der Waals surface area contributed by atoms with E-state index in [0.29, 0.717) is 6.04 Å². The van der Waals surface area contributed by atoms with E-state index in [1.54, 1.807) is 0 Å². The number of rotatable bonds is 7. The van der Waals surface area contributed by atoms with Crippen LogP contribution in [0.1, 0.15) is 32.5 Å². The lowest BCUT2D eigenvalue weighted by Gasteiger charge is -2.21. The van der Waals surface area contributed by atoms with E-state index in [0.717, 1.165) is 36.2 Å². The third-order valence-electron chi connectivity index (χ3n) is 4.04. The van der Waals surface area contributed by atoms with Gasteiger partial charge in [0.05, 0.1) is 0 Å². The van der Waals surface area contributed by atoms with Crippen molar-refractivity contribution >= 4 is 23.0 Å². The molecule has 0 unspecified atom stereocenters. The quantitative estimate of drug-likeness (QED) is 0.811. The van der Waals surface area contributed by atoms with Crippen molar-refractivity contribution in [3.05, 3.63) is 36.2 Å². The average Bonchev–Trinajstić information content (AvgIpc) is 3.33. The molecule has 0 spiro atoms. The van der Waals surface area contributed by atoms with E-state index in [9.17, 15) is 0 Å². The summed E-state index contributed by atoms with van der Waals surface area (Å²) in [5.74, 6) is 2.51. The summed E-state index contributed by atoms with van der Waals surface area (Å²) in [6.45, 7) is 8.31. The van der Waals surface area contributed by atoms with Gasteiger partial charge < -0.3 is 15.5 Å². The standard InChI is InChI=1S/C18H25N5/c1-4-23(5-2)16-10-8-15(9-11-16)22-18-12-17(19-13(3)20-18)21-14-6-7-14/h8-12,14H,4-7H2,1-3H3,(H2,19,20,21,22). The Bertz CT molecular complexity index is 645. The zero-order chi connectivity index (χ0) is 16.2. The smallest absolute Gasteiger partial charge is 0.136 e. The SMILES string of the molecule is CCN(CC)c1ccc(Nc2cc(NC3CC3)nc(C)n2)cc1. The lowest BCUT2D eigenvalue weighted by atomic mass is 10.2. The van der Waals surface area contributed by atoms with E-state index in [2.05, 4.69) is 63.6 Å². The van der Waals surface area contributed by atoms with Crippen LogP contribution in [0.4, 0.5) is 23.0 Å². The summed E-state index contributed by atoms with van der Waals surface area (Å²) in [5.41, 5.74) is 2.28. The Balaban J connectivity index is 1.72. The predicted octanol–water partition coefficient (Wildman–Crippen LogP) is 3.95. The molecule has 122 valence electrons. The molecule has 1 aromatic heterocycles. The highest BCUT2D eigenvalue weighted by molar-refractivity contribution is 5.62. The topological polar surface area (TPSA) is 53.1 Å². The fourth-order valence-electron chi connectivity index (χ4n) is 2.63. The van der Waals surface area contributed by atoms with Crippen LogP contribution >= 0.6 is 0 Å². The Kier molecular flexibility index (Phi) is 4.65. The maximum atomic E-state index is 4.47. The first kappa shape index (κ1) is 15.6. The van der Waals surface area contributed by atoms with Gasteiger partial charge in [0.1, 0.15) is 17.5 Å². The molecule has 23 heavy (non-hydrogen) atoms. The maximum absolute atomic E-state index is 4.47. The van der Waals surface area contributed by atoms with Gasteiger partial charge in [-0.05, 0) is 57.9 Å². The average molecular weight is 311 g/mol. The van der Waals surface area contributed by atoms with E-state index in [4.69, 9.17) is 0 Å². The van der Waals surface area contributed by atoms with Gasteiger partial charge in [-0.25, -0.2) is 9.97 Å². The molecule has 5 heteroatoms. The zero-order valence-corrected chi connectivity index (χ0v) is 14.1. The number of aryl methyl sites for hydroxylation is 1. The highest BCUT2D eigenvalue weighted by atomic mass is 15.1. The molecule has 0 bridgehead atoms. The second kappa shape index (κ2) is 6.86. The summed E-state index contributed by atoms with van der Waals surface area (Å²) < 4.78 is 0. The molecule has 1 aliphatic rings. The van der Waals surface area contributed by atoms with Gasteiger partial charge in [0.15, 0.2) is 0 Å². The Morgan fingerprint density at radius 2 is 1.70 bits per heavy atom. The number of anilines is 4. The van der Waals surface area contributed by atoms with Crippen LogP contribution in [0, 0.1) is 6.92 Å². The number of hydrogen-bond acceptors (Lipinski definition) is 5. The van der Waals surface area contributed by atoms with Crippen molar-refractivity contribution in [2.45, 2.75) is 39.7 Å². The van der Waals surface area contributed by atoms with Crippen molar-refractivity contribution in [1.29, 1.82) is 0 Å². The summed E-state index contributed by atoms with van der Waals surface area (Å²) in [6, 6.07) is 11.0. The highest BCUT2D eigenvalue weighted by Crippen LogP contribution is 2.26. The van der Waals surface area contributed by atoms with E-state index < -0.39 is 0 Å². The minimum absolute atomic E-state index is 0.588. The van der Waals surface area contributed by atoms with Crippen molar-refractivity contribution in [2.75, 3.05) is 28.6 Å². The Morgan fingerprint density at radius 1 is 1.04 bits per heavy atom. The second-order valence-electron chi connectivity index (χ2n) is 5.95. The zero-order valence-electron chi connectivity index (χ0n) is 14.1. The van der Waals surface area contributed by atoms with Gasteiger partial charge in [-0.3, -0.25) is 0 Å². The summed E-state index contributed by atoms with van der Waals surface area (Å²) in [5, 5.41) is 6.80. The first-order valence-corrected chi connectivity index (χ1v) is 8.42. The van der Waals surface area contributed by atoms with Crippen LogP contribution in [0.15, 0.2) is 30.3 Å². The van der Waals surface area contributed by atoms with Gasteiger partial charge in [-0.1, -0.05) is 0 Å². The number of hydrogen-bond donors (Lipinski definition) is 2. The van der Waals surface area contributed by atoms with Crippen molar-refractivity contribution < 1.29 is 0 Å². The third-order valence-corrected chi connectivity index (χ3v) is 4.04. The molecule has 0 amide bonds. The minimum Gasteiger partial charge on any atom is -0.372 e. The monoisotopic (exact) mass is 311 g/mol. The van der Waals surface area contributed by atoms with Crippen LogP contribution in [-0.2, 0) is 0 Å². The number of aromatic nitrogens is 2. The molecular formula is C18H25N5. The van der Waals surface area contributed by atoms with Gasteiger partial charge in [0.25, 0.3) is 0 Å². The fourth-order valence-corrected chi connectivity index (χ4v) is 2.63. The molecule has 1 aromatic carbocycles. The fraction of sp³-hybridized carbons (Fsp3) is 0.444. The van der Waals surface area contributed by atoms with E-state index in [1.165, 1.54) is 18.5 Å². The number of nitrogens with zero attached hydrogens (tertiary/aromatic N) is 3. The van der Waals surface area contributed by atoms with E-state index >= 15 is 0 Å². The van der Waals surface area contributed by atoms with Gasteiger partial charge in [0, 0.05) is 36.6 Å².